The fourth-order valence-electron chi connectivity index (χ4n) is 15.7. The molecule has 10 heteroatoms. The first-order valence-corrected chi connectivity index (χ1v) is 40.2. The van der Waals surface area contributed by atoms with Crippen molar-refractivity contribution in [1.29, 1.82) is 0 Å². The van der Waals surface area contributed by atoms with E-state index in [1.165, 1.54) is 71.0 Å². The Morgan fingerprint density at radius 2 is 0.447 bits per heavy atom. The highest BCUT2D eigenvalue weighted by atomic mass is 79.9. The van der Waals surface area contributed by atoms with Crippen molar-refractivity contribution in [2.45, 2.75) is 0 Å². The number of aromatic nitrogens is 7. The zero-order valence-corrected chi connectivity index (χ0v) is 66.3. The predicted octanol–water partition coefficient (Wildman–Crippen LogP) is 29.2. The molecule has 7 heterocycles. The average molecular weight is 1660 g/mol. The van der Waals surface area contributed by atoms with Crippen molar-refractivity contribution < 1.29 is 0 Å². The molecule has 0 fully saturated rings. The summed E-state index contributed by atoms with van der Waals surface area (Å²) in [5.41, 5.74) is 29.6. The highest BCUT2D eigenvalue weighted by Gasteiger charge is 2.20. The summed E-state index contributed by atoms with van der Waals surface area (Å²) in [6, 6.07) is 141. The monoisotopic (exact) mass is 1650 g/mol. The van der Waals surface area contributed by atoms with E-state index in [1.54, 1.807) is 0 Å². The molecule has 0 aliphatic heterocycles. The normalized spacial score (nSPS) is 11.3. The van der Waals surface area contributed by atoms with Crippen LogP contribution < -0.4 is 0 Å². The predicted molar refractivity (Wildman–Crippen MR) is 486 cm³/mol. The Hall–Kier alpha value is -13.5. The van der Waals surface area contributed by atoms with Crippen LogP contribution in [0.4, 0.5) is 0 Å². The lowest BCUT2D eigenvalue weighted by Gasteiger charge is -2.13. The molecule has 21 rings (SSSR count). The van der Waals surface area contributed by atoms with Gasteiger partial charge in [-0.2, -0.15) is 0 Å². The van der Waals surface area contributed by atoms with Crippen molar-refractivity contribution >= 4 is 113 Å². The summed E-state index contributed by atoms with van der Waals surface area (Å²) in [6.45, 7) is 0. The molecule has 114 heavy (non-hydrogen) atoms. The van der Waals surface area contributed by atoms with Crippen LogP contribution in [0.5, 0.6) is 0 Å². The van der Waals surface area contributed by atoms with Gasteiger partial charge in [-0.15, -0.1) is 0 Å². The van der Waals surface area contributed by atoms with Crippen molar-refractivity contribution in [2.24, 2.45) is 0 Å². The SMILES string of the molecule is Brc1ccc2c3ccccc3n(-c3cccc(-c4cc(-c5ccccc5)cc(-c5ccccc5)n4)c3)c2c1.Brc1ccc2c3ccccc3n(-c3cccc(-c4cc(-c5ccccc5)nc(-c5ccccc5)c4)c3)c2c1.Brc1ccc2c3ccccc3n(-c3cccc(-c4cc(-c5ccccn5)cc(-c5ccccn5)c4)c3)c2c1. The second-order valence-electron chi connectivity index (χ2n) is 28.1. The lowest BCUT2D eigenvalue weighted by Crippen LogP contribution is -1.96. The molecule has 0 spiro atoms. The molecule has 0 atom stereocenters. The topological polar surface area (TPSA) is 66.3 Å². The first kappa shape index (κ1) is 70.9. The van der Waals surface area contributed by atoms with Crippen LogP contribution in [0.3, 0.4) is 0 Å². The van der Waals surface area contributed by atoms with Crippen molar-refractivity contribution in [3.05, 3.63) is 426 Å². The molecule has 7 nitrogen and oxygen atoms in total. The number of hydrogen-bond acceptors (Lipinski definition) is 4. The summed E-state index contributed by atoms with van der Waals surface area (Å²) >= 11 is 11.1. The molecule has 0 saturated heterocycles. The number of halogens is 3. The zero-order chi connectivity index (χ0) is 76.4. The summed E-state index contributed by atoms with van der Waals surface area (Å²) < 4.78 is 10.2. The van der Waals surface area contributed by atoms with Crippen molar-refractivity contribution in [3.63, 3.8) is 0 Å². The molecule has 0 amide bonds. The average Bonchev–Trinajstić information content (AvgIpc) is 1.53. The van der Waals surface area contributed by atoms with Crippen molar-refractivity contribution in [3.8, 4) is 118 Å². The maximum Gasteiger partial charge on any atom is 0.0716 e. The number of pyridine rings is 4. The van der Waals surface area contributed by atoms with E-state index >= 15 is 0 Å². The Morgan fingerprint density at radius 3 is 0.816 bits per heavy atom. The fourth-order valence-corrected chi connectivity index (χ4v) is 16.8. The standard InChI is InChI=1S/2C35H23BrN2.C34H22BrN3/c36-28-18-19-31-30-16-7-8-17-34(30)38(35(31)23-28)29-15-9-14-26(20-29)27-21-32(24-10-3-1-4-11-24)37-33(22-27)25-12-5-2-6-13-25;36-28-18-19-31-30-16-7-8-17-34(30)38(35(31)23-28)29-15-9-14-26(20-29)33-22-27(24-10-3-1-4-11-24)21-32(37-33)25-12-5-2-6-13-25;35-27-14-15-30-29-10-1-2-13-33(29)38(34(30)22-27)28-9-7-8-23(21-28)24-18-25(31-11-3-5-16-36-31)20-26(19-24)32-12-4-6-17-37-32/h2*1-23H;1-22H. The molecule has 7 aromatic heterocycles. The summed E-state index contributed by atoms with van der Waals surface area (Å²) in [6.07, 6.45) is 3.67. The number of para-hydroxylation sites is 3. The largest absolute Gasteiger partial charge is 0.309 e. The molecule has 0 radical (unpaired) electrons. The summed E-state index contributed by atoms with van der Waals surface area (Å²) in [7, 11) is 0. The fraction of sp³-hybridized carbons (Fsp3) is 0. The number of nitrogens with zero attached hydrogens (tertiary/aromatic N) is 7. The van der Waals surface area contributed by atoms with Gasteiger partial charge in [0.05, 0.1) is 67.3 Å². The molecule has 0 N–H and O–H groups in total. The van der Waals surface area contributed by atoms with Gasteiger partial charge < -0.3 is 13.7 Å². The number of fused-ring (bicyclic) bond motifs is 9. The molecule has 0 aliphatic carbocycles. The second kappa shape index (κ2) is 31.4. The van der Waals surface area contributed by atoms with Gasteiger partial charge in [-0.1, -0.05) is 290 Å². The van der Waals surface area contributed by atoms with Gasteiger partial charge in [-0.05, 0) is 191 Å². The molecule has 21 aromatic rings. The zero-order valence-electron chi connectivity index (χ0n) is 61.5. The maximum atomic E-state index is 5.14. The smallest absolute Gasteiger partial charge is 0.0716 e. The lowest BCUT2D eigenvalue weighted by molar-refractivity contribution is 1.18. The Bertz CT molecular complexity index is 6270. The Balaban J connectivity index is 0.000000115. The Kier molecular flexibility index (Phi) is 19.5. The van der Waals surface area contributed by atoms with E-state index in [0.717, 1.165) is 126 Å². The van der Waals surface area contributed by atoms with E-state index in [4.69, 9.17) is 9.97 Å². The summed E-state index contributed by atoms with van der Waals surface area (Å²) in [4.78, 5) is 19.4. The van der Waals surface area contributed by atoms with Gasteiger partial charge >= 0.3 is 0 Å². The quantitative estimate of drug-likeness (QED) is 0.122. The Labute approximate surface area is 685 Å². The van der Waals surface area contributed by atoms with Crippen LogP contribution in [0, 0.1) is 0 Å². The van der Waals surface area contributed by atoms with Crippen LogP contribution in [0.1, 0.15) is 0 Å². The van der Waals surface area contributed by atoms with Gasteiger partial charge in [0.2, 0.25) is 0 Å². The highest BCUT2D eigenvalue weighted by molar-refractivity contribution is 9.11. The highest BCUT2D eigenvalue weighted by Crippen LogP contribution is 2.42. The van der Waals surface area contributed by atoms with Gasteiger partial charge in [0, 0.05) is 109 Å². The first-order chi connectivity index (χ1) is 56.2. The third-order valence-corrected chi connectivity index (χ3v) is 22.5. The minimum absolute atomic E-state index is 0.940. The van der Waals surface area contributed by atoms with E-state index in [-0.39, 0.29) is 0 Å². The van der Waals surface area contributed by atoms with E-state index in [0.29, 0.717) is 0 Å². The molecule has 0 unspecified atom stereocenters. The maximum absolute atomic E-state index is 5.14. The molecular formula is C104H68Br3N7. The molecule has 540 valence electrons. The molecule has 0 aliphatic rings. The second-order valence-corrected chi connectivity index (χ2v) is 30.9. The third-order valence-electron chi connectivity index (χ3n) is 21.0. The van der Waals surface area contributed by atoms with Gasteiger partial charge in [0.1, 0.15) is 0 Å². The number of hydrogen-bond donors (Lipinski definition) is 0. The van der Waals surface area contributed by atoms with Gasteiger partial charge in [0.15, 0.2) is 0 Å². The molecule has 14 aromatic carbocycles. The van der Waals surface area contributed by atoms with Crippen molar-refractivity contribution in [1.82, 2.24) is 33.6 Å². The van der Waals surface area contributed by atoms with Crippen LogP contribution in [0.2, 0.25) is 0 Å². The van der Waals surface area contributed by atoms with Crippen LogP contribution in [0.15, 0.2) is 426 Å². The van der Waals surface area contributed by atoms with Crippen LogP contribution >= 0.6 is 47.8 Å². The number of benzene rings is 14. The minimum atomic E-state index is 0.940. The van der Waals surface area contributed by atoms with Crippen LogP contribution in [-0.4, -0.2) is 33.6 Å². The summed E-state index contributed by atoms with van der Waals surface area (Å²) in [5.74, 6) is 0. The first-order valence-electron chi connectivity index (χ1n) is 37.9. The van der Waals surface area contributed by atoms with Crippen LogP contribution in [-0.2, 0) is 0 Å². The molecular weight excluding hydrogens is 1590 g/mol. The van der Waals surface area contributed by atoms with Gasteiger partial charge in [-0.25, -0.2) is 9.97 Å². The van der Waals surface area contributed by atoms with E-state index in [9.17, 15) is 0 Å². The minimum Gasteiger partial charge on any atom is -0.309 e. The van der Waals surface area contributed by atoms with Crippen molar-refractivity contribution in [2.75, 3.05) is 0 Å². The third kappa shape index (κ3) is 14.2. The van der Waals surface area contributed by atoms with E-state index in [2.05, 4.69) is 417 Å². The molecule has 0 saturated carbocycles. The van der Waals surface area contributed by atoms with E-state index in [1.807, 2.05) is 67.0 Å². The summed E-state index contributed by atoms with van der Waals surface area (Å²) in [5, 5.41) is 7.47. The van der Waals surface area contributed by atoms with E-state index < -0.39 is 0 Å². The molecule has 0 bridgehead atoms. The van der Waals surface area contributed by atoms with Gasteiger partial charge in [-0.3, -0.25) is 9.97 Å². The Morgan fingerprint density at radius 1 is 0.167 bits per heavy atom. The van der Waals surface area contributed by atoms with Crippen LogP contribution in [0.25, 0.3) is 183 Å². The number of rotatable bonds is 12. The van der Waals surface area contributed by atoms with Gasteiger partial charge in [0.25, 0.3) is 0 Å². The lowest BCUT2D eigenvalue weighted by atomic mass is 9.96.